The first kappa shape index (κ1) is 11.7. The van der Waals surface area contributed by atoms with Crippen LogP contribution in [0.3, 0.4) is 0 Å². The van der Waals surface area contributed by atoms with Crippen LogP contribution in [-0.4, -0.2) is 19.8 Å². The summed E-state index contributed by atoms with van der Waals surface area (Å²) < 4.78 is 17.4. The zero-order valence-corrected chi connectivity index (χ0v) is 9.71. The third-order valence-corrected chi connectivity index (χ3v) is 3.17. The molecule has 0 aromatic heterocycles. The summed E-state index contributed by atoms with van der Waals surface area (Å²) in [5.74, 6) is 1.69. The quantitative estimate of drug-likeness (QED) is 0.863. The first-order valence-corrected chi connectivity index (χ1v) is 5.82. The molecule has 88 valence electrons. The Labute approximate surface area is 99.5 Å². The molecule has 1 aromatic rings. The highest BCUT2D eigenvalue weighted by Crippen LogP contribution is 2.50. The lowest BCUT2D eigenvalue weighted by Crippen LogP contribution is -2.04. The summed E-state index contributed by atoms with van der Waals surface area (Å²) in [5.41, 5.74) is 6.68. The Hall–Kier alpha value is -0.800. The van der Waals surface area contributed by atoms with E-state index in [1.807, 2.05) is 6.07 Å². The standard InChI is InChI=1S/C12H15ClFNO/c13-9-1-2-12(16-4-3-14)11(6-9)10-5-8(10)7-15/h1-2,6,8,10H,3-5,7,15H2. The number of nitrogens with two attached hydrogens (primary N) is 1. The van der Waals surface area contributed by atoms with E-state index in [0.717, 1.165) is 17.7 Å². The number of ether oxygens (including phenoxy) is 1. The van der Waals surface area contributed by atoms with E-state index >= 15 is 0 Å². The van der Waals surface area contributed by atoms with Crippen LogP contribution in [0.2, 0.25) is 5.02 Å². The van der Waals surface area contributed by atoms with Gasteiger partial charge in [-0.05, 0) is 48.6 Å². The summed E-state index contributed by atoms with van der Waals surface area (Å²) in [6.45, 7) is 0.293. The smallest absolute Gasteiger partial charge is 0.123 e. The van der Waals surface area contributed by atoms with Crippen LogP contribution in [0.15, 0.2) is 18.2 Å². The van der Waals surface area contributed by atoms with E-state index in [9.17, 15) is 4.39 Å². The van der Waals surface area contributed by atoms with Gasteiger partial charge in [-0.1, -0.05) is 11.6 Å². The molecule has 1 aliphatic rings. The molecule has 2 nitrogen and oxygen atoms in total. The SMILES string of the molecule is NCC1CC1c1cc(Cl)ccc1OCCF. The van der Waals surface area contributed by atoms with Gasteiger partial charge in [-0.15, -0.1) is 0 Å². The van der Waals surface area contributed by atoms with Crippen LogP contribution in [0.1, 0.15) is 17.9 Å². The number of alkyl halides is 1. The van der Waals surface area contributed by atoms with Crippen molar-refractivity contribution in [1.82, 2.24) is 0 Å². The summed E-state index contributed by atoms with van der Waals surface area (Å²) in [4.78, 5) is 0. The average Bonchev–Trinajstić information content (AvgIpc) is 3.06. The zero-order chi connectivity index (χ0) is 11.5. The van der Waals surface area contributed by atoms with E-state index in [1.165, 1.54) is 0 Å². The minimum absolute atomic E-state index is 0.0919. The third-order valence-electron chi connectivity index (χ3n) is 2.93. The highest BCUT2D eigenvalue weighted by atomic mass is 35.5. The summed E-state index contributed by atoms with van der Waals surface area (Å²) in [6, 6.07) is 5.47. The van der Waals surface area contributed by atoms with Crippen molar-refractivity contribution in [3.05, 3.63) is 28.8 Å². The highest BCUT2D eigenvalue weighted by molar-refractivity contribution is 6.30. The van der Waals surface area contributed by atoms with Crippen molar-refractivity contribution in [2.45, 2.75) is 12.3 Å². The van der Waals surface area contributed by atoms with Gasteiger partial charge in [0.1, 0.15) is 19.0 Å². The first-order valence-electron chi connectivity index (χ1n) is 5.44. The van der Waals surface area contributed by atoms with Gasteiger partial charge in [0.25, 0.3) is 0 Å². The second kappa shape index (κ2) is 5.02. The van der Waals surface area contributed by atoms with E-state index in [2.05, 4.69) is 0 Å². The predicted molar refractivity (Wildman–Crippen MR) is 62.8 cm³/mol. The van der Waals surface area contributed by atoms with E-state index < -0.39 is 6.67 Å². The largest absolute Gasteiger partial charge is 0.491 e. The van der Waals surface area contributed by atoms with Gasteiger partial charge in [-0.3, -0.25) is 0 Å². The molecule has 1 fully saturated rings. The van der Waals surface area contributed by atoms with E-state index in [1.54, 1.807) is 12.1 Å². The van der Waals surface area contributed by atoms with Gasteiger partial charge in [0.2, 0.25) is 0 Å². The molecular weight excluding hydrogens is 229 g/mol. The van der Waals surface area contributed by atoms with Crippen molar-refractivity contribution < 1.29 is 9.13 Å². The molecule has 4 heteroatoms. The summed E-state index contributed by atoms with van der Waals surface area (Å²) >= 11 is 5.95. The third kappa shape index (κ3) is 2.47. The van der Waals surface area contributed by atoms with Gasteiger partial charge >= 0.3 is 0 Å². The van der Waals surface area contributed by atoms with Crippen molar-refractivity contribution in [2.24, 2.45) is 11.7 Å². The first-order chi connectivity index (χ1) is 7.76. The normalized spacial score (nSPS) is 23.2. The highest BCUT2D eigenvalue weighted by Gasteiger charge is 2.38. The van der Waals surface area contributed by atoms with Crippen LogP contribution in [0, 0.1) is 5.92 Å². The van der Waals surface area contributed by atoms with Gasteiger partial charge in [-0.2, -0.15) is 0 Å². The number of benzene rings is 1. The molecule has 0 bridgehead atoms. The fourth-order valence-electron chi connectivity index (χ4n) is 1.98. The molecule has 1 saturated carbocycles. The van der Waals surface area contributed by atoms with Gasteiger partial charge in [0.05, 0.1) is 0 Å². The molecule has 2 N–H and O–H groups in total. The van der Waals surface area contributed by atoms with E-state index in [4.69, 9.17) is 22.1 Å². The molecule has 1 aliphatic carbocycles. The van der Waals surface area contributed by atoms with Crippen LogP contribution in [-0.2, 0) is 0 Å². The van der Waals surface area contributed by atoms with Crippen LogP contribution in [0.5, 0.6) is 5.75 Å². The fraction of sp³-hybridized carbons (Fsp3) is 0.500. The number of hydrogen-bond donors (Lipinski definition) is 1. The molecule has 0 radical (unpaired) electrons. The van der Waals surface area contributed by atoms with Crippen molar-refractivity contribution >= 4 is 11.6 Å². The number of halogens is 2. The molecule has 0 heterocycles. The van der Waals surface area contributed by atoms with E-state index in [-0.39, 0.29) is 6.61 Å². The van der Waals surface area contributed by atoms with Crippen molar-refractivity contribution in [2.75, 3.05) is 19.8 Å². The zero-order valence-electron chi connectivity index (χ0n) is 8.96. The minimum Gasteiger partial charge on any atom is -0.491 e. The van der Waals surface area contributed by atoms with Crippen LogP contribution >= 0.6 is 11.6 Å². The van der Waals surface area contributed by atoms with Gasteiger partial charge in [0, 0.05) is 5.02 Å². The van der Waals surface area contributed by atoms with Crippen molar-refractivity contribution in [3.63, 3.8) is 0 Å². The number of hydrogen-bond acceptors (Lipinski definition) is 2. The lowest BCUT2D eigenvalue weighted by Gasteiger charge is -2.10. The second-order valence-electron chi connectivity index (χ2n) is 4.06. The van der Waals surface area contributed by atoms with Gasteiger partial charge in [-0.25, -0.2) is 4.39 Å². The van der Waals surface area contributed by atoms with Crippen LogP contribution < -0.4 is 10.5 Å². The monoisotopic (exact) mass is 243 g/mol. The molecule has 0 amide bonds. The van der Waals surface area contributed by atoms with Crippen LogP contribution in [0.4, 0.5) is 4.39 Å². The molecular formula is C12H15ClFNO. The molecule has 0 aliphatic heterocycles. The molecule has 2 rings (SSSR count). The Bertz CT molecular complexity index is 372. The fourth-order valence-corrected chi connectivity index (χ4v) is 2.16. The molecule has 1 aromatic carbocycles. The summed E-state index contributed by atoms with van der Waals surface area (Å²) in [5, 5.41) is 0.685. The Morgan fingerprint density at radius 1 is 1.50 bits per heavy atom. The van der Waals surface area contributed by atoms with Gasteiger partial charge in [0.15, 0.2) is 0 Å². The maximum Gasteiger partial charge on any atom is 0.123 e. The topological polar surface area (TPSA) is 35.2 Å². The van der Waals surface area contributed by atoms with Crippen LogP contribution in [0.25, 0.3) is 0 Å². The lowest BCUT2D eigenvalue weighted by atomic mass is 10.1. The Kier molecular flexibility index (Phi) is 3.66. The minimum atomic E-state index is -0.479. The Morgan fingerprint density at radius 2 is 2.31 bits per heavy atom. The molecule has 2 unspecified atom stereocenters. The molecule has 2 atom stereocenters. The summed E-state index contributed by atoms with van der Waals surface area (Å²) in [7, 11) is 0. The van der Waals surface area contributed by atoms with Gasteiger partial charge < -0.3 is 10.5 Å². The molecule has 16 heavy (non-hydrogen) atoms. The average molecular weight is 244 g/mol. The summed E-state index contributed by atoms with van der Waals surface area (Å²) in [6.07, 6.45) is 1.07. The second-order valence-corrected chi connectivity index (χ2v) is 4.49. The Balaban J connectivity index is 2.16. The number of rotatable bonds is 5. The van der Waals surface area contributed by atoms with E-state index in [0.29, 0.717) is 23.4 Å². The maximum absolute atomic E-state index is 12.1. The Morgan fingerprint density at radius 3 is 2.94 bits per heavy atom. The molecule has 0 spiro atoms. The van der Waals surface area contributed by atoms with Crippen molar-refractivity contribution in [3.8, 4) is 5.75 Å². The lowest BCUT2D eigenvalue weighted by molar-refractivity contribution is 0.271. The molecule has 0 saturated heterocycles. The predicted octanol–water partition coefficient (Wildman–Crippen LogP) is 2.75. The maximum atomic E-state index is 12.1. The van der Waals surface area contributed by atoms with Crippen molar-refractivity contribution in [1.29, 1.82) is 0 Å².